The number of carbonyl (C=O) groups excluding carboxylic acids is 2. The van der Waals surface area contributed by atoms with Crippen LogP contribution in [0.15, 0.2) is 46.3 Å². The molecule has 3 aliphatic rings. The minimum absolute atomic E-state index is 0.00626. The molecule has 0 unspecified atom stereocenters. The van der Waals surface area contributed by atoms with E-state index < -0.39 is 11.0 Å². The van der Waals surface area contributed by atoms with E-state index in [-0.39, 0.29) is 23.7 Å². The van der Waals surface area contributed by atoms with Gasteiger partial charge in [0.05, 0.1) is 0 Å². The average Bonchev–Trinajstić information content (AvgIpc) is 3.58. The van der Waals surface area contributed by atoms with Crippen LogP contribution in [0.4, 0.5) is 0 Å². The Hall–Kier alpha value is -2.16. The third-order valence-electron chi connectivity index (χ3n) is 8.50. The summed E-state index contributed by atoms with van der Waals surface area (Å²) in [7, 11) is 1.87. The maximum atomic E-state index is 13.2. The fraction of sp³-hybridized carbons (Fsp3) is 0.517. The average molecular weight is 588 g/mol. The van der Waals surface area contributed by atoms with Gasteiger partial charge in [-0.2, -0.15) is 0 Å². The van der Waals surface area contributed by atoms with Crippen LogP contribution in [-0.2, 0) is 19.7 Å². The number of likely N-dealkylation sites (N-methyl/N-ethyl adjacent to an activating group) is 1. The molecule has 0 bridgehead atoms. The quantitative estimate of drug-likeness (QED) is 0.338. The molecule has 8 heteroatoms. The van der Waals surface area contributed by atoms with Crippen LogP contribution in [0.1, 0.15) is 55.9 Å². The van der Waals surface area contributed by atoms with Gasteiger partial charge in [0.25, 0.3) is 0 Å². The highest BCUT2D eigenvalue weighted by Gasteiger charge is 2.61. The van der Waals surface area contributed by atoms with Crippen LogP contribution in [0.25, 0.3) is 6.08 Å². The topological polar surface area (TPSA) is 70.1 Å². The summed E-state index contributed by atoms with van der Waals surface area (Å²) >= 11 is 5.05. The second-order valence-corrected chi connectivity index (χ2v) is 12.9. The number of thiophene rings is 1. The maximum Gasteiger partial charge on any atom is 0.303 e. The summed E-state index contributed by atoms with van der Waals surface area (Å²) in [5.74, 6) is 0.650. The minimum atomic E-state index is -0.695. The lowest BCUT2D eigenvalue weighted by Crippen LogP contribution is -2.68. The highest BCUT2D eigenvalue weighted by atomic mass is 79.9. The first-order valence-corrected chi connectivity index (χ1v) is 14.8. The molecule has 0 radical (unpaired) electrons. The van der Waals surface area contributed by atoms with Gasteiger partial charge in [-0.3, -0.25) is 14.5 Å². The number of fused-ring (bicyclic) bond motifs is 1. The van der Waals surface area contributed by atoms with Crippen molar-refractivity contribution in [1.82, 2.24) is 9.80 Å². The molecule has 2 aliphatic carbocycles. The first kappa shape index (κ1) is 26.4. The number of nitrogens with zero attached hydrogens (tertiary/aromatic N) is 2. The lowest BCUT2D eigenvalue weighted by atomic mass is 9.55. The largest absolute Gasteiger partial charge is 0.508 e. The van der Waals surface area contributed by atoms with E-state index in [2.05, 4.69) is 20.8 Å². The number of ether oxygens (including phenoxy) is 1. The van der Waals surface area contributed by atoms with E-state index in [1.807, 2.05) is 47.7 Å². The second kappa shape index (κ2) is 10.5. The fourth-order valence-corrected chi connectivity index (χ4v) is 7.82. The van der Waals surface area contributed by atoms with Crippen molar-refractivity contribution in [2.45, 2.75) is 62.5 Å². The monoisotopic (exact) mass is 586 g/mol. The fourth-order valence-electron chi connectivity index (χ4n) is 6.48. The molecule has 1 N–H and O–H groups in total. The Labute approximate surface area is 231 Å². The van der Waals surface area contributed by atoms with Gasteiger partial charge >= 0.3 is 5.97 Å². The molecule has 1 aliphatic heterocycles. The predicted molar refractivity (Wildman–Crippen MR) is 150 cm³/mol. The summed E-state index contributed by atoms with van der Waals surface area (Å²) in [5, 5.41) is 12.4. The number of halogens is 1. The van der Waals surface area contributed by atoms with Crippen molar-refractivity contribution in [3.63, 3.8) is 0 Å². The lowest BCUT2D eigenvalue weighted by Gasteiger charge is -2.60. The summed E-state index contributed by atoms with van der Waals surface area (Å²) in [4.78, 5) is 31.1. The van der Waals surface area contributed by atoms with Crippen LogP contribution in [0, 0.1) is 5.92 Å². The molecule has 3 fully saturated rings. The number of hydrogen-bond donors (Lipinski definition) is 1. The van der Waals surface area contributed by atoms with E-state index in [0.29, 0.717) is 19.4 Å². The number of phenolic OH excluding ortho intramolecular Hbond substituents is 1. The van der Waals surface area contributed by atoms with Gasteiger partial charge in [-0.05, 0) is 96.8 Å². The molecule has 2 heterocycles. The van der Waals surface area contributed by atoms with Gasteiger partial charge < -0.3 is 14.7 Å². The number of aromatic hydroxyl groups is 1. The number of benzene rings is 1. The van der Waals surface area contributed by atoms with Gasteiger partial charge in [0.1, 0.15) is 11.4 Å². The standard InChI is InChI=1S/C29H35BrN2O4S/c1-20(33)36-29-11-10-24(31(2)27(35)9-8-26-15-23(30)18-37-26)16-28(29,22-4-3-5-25(34)14-22)12-13-32(19-29)17-21-6-7-21/h3-5,8-9,14-15,18,21,24,34H,6-7,10-13,16-17,19H2,1-2H3/b9-8+/t24-,28+,29+/m1/s1. The number of rotatable bonds is 7. The Kier molecular flexibility index (Phi) is 7.53. The molecule has 2 aromatic rings. The highest BCUT2D eigenvalue weighted by Crippen LogP contribution is 2.55. The van der Waals surface area contributed by atoms with Crippen molar-refractivity contribution < 1.29 is 19.4 Å². The van der Waals surface area contributed by atoms with Crippen molar-refractivity contribution >= 4 is 45.2 Å². The Balaban J connectivity index is 1.46. The van der Waals surface area contributed by atoms with E-state index in [1.165, 1.54) is 19.8 Å². The zero-order valence-corrected chi connectivity index (χ0v) is 23.9. The summed E-state index contributed by atoms with van der Waals surface area (Å²) < 4.78 is 7.33. The Morgan fingerprint density at radius 3 is 2.76 bits per heavy atom. The van der Waals surface area contributed by atoms with Crippen LogP contribution in [0.5, 0.6) is 5.75 Å². The van der Waals surface area contributed by atoms with Gasteiger partial charge in [0.2, 0.25) is 5.91 Å². The number of amides is 1. The third kappa shape index (κ3) is 5.52. The molecule has 3 atom stereocenters. The molecule has 5 rings (SSSR count). The summed E-state index contributed by atoms with van der Waals surface area (Å²) in [5.41, 5.74) is -0.194. The van der Waals surface area contributed by atoms with Gasteiger partial charge in [-0.25, -0.2) is 0 Å². The smallest absolute Gasteiger partial charge is 0.303 e. The number of esters is 1. The van der Waals surface area contributed by atoms with Crippen molar-refractivity contribution in [2.75, 3.05) is 26.7 Å². The van der Waals surface area contributed by atoms with Crippen LogP contribution in [0.3, 0.4) is 0 Å². The highest BCUT2D eigenvalue weighted by molar-refractivity contribution is 9.10. The first-order chi connectivity index (χ1) is 17.7. The van der Waals surface area contributed by atoms with Crippen LogP contribution < -0.4 is 0 Å². The molecule has 37 heavy (non-hydrogen) atoms. The molecule has 1 saturated heterocycles. The van der Waals surface area contributed by atoms with E-state index >= 15 is 0 Å². The van der Waals surface area contributed by atoms with Gasteiger partial charge in [-0.1, -0.05) is 12.1 Å². The van der Waals surface area contributed by atoms with Crippen molar-refractivity contribution in [1.29, 1.82) is 0 Å². The summed E-state index contributed by atoms with van der Waals surface area (Å²) in [6.45, 7) is 4.14. The third-order valence-corrected chi connectivity index (χ3v) is 10.2. The van der Waals surface area contributed by atoms with E-state index in [4.69, 9.17) is 4.74 Å². The SMILES string of the molecule is CC(=O)O[C@]12CC[C@@H](N(C)C(=O)/C=C/c3cc(Br)cs3)C[C@]1(c1cccc(O)c1)CCN(CC1CC1)C2. The molecule has 6 nitrogen and oxygen atoms in total. The molecule has 1 amide bonds. The lowest BCUT2D eigenvalue weighted by molar-refractivity contribution is -0.190. The predicted octanol–water partition coefficient (Wildman–Crippen LogP) is 5.60. The number of phenols is 1. The molecule has 2 saturated carbocycles. The number of hydrogen-bond acceptors (Lipinski definition) is 6. The number of carbonyl (C=O) groups is 2. The van der Waals surface area contributed by atoms with E-state index in [0.717, 1.165) is 46.8 Å². The van der Waals surface area contributed by atoms with E-state index in [1.54, 1.807) is 23.5 Å². The van der Waals surface area contributed by atoms with E-state index in [9.17, 15) is 14.7 Å². The summed E-state index contributed by atoms with van der Waals surface area (Å²) in [6, 6.07) is 9.41. The summed E-state index contributed by atoms with van der Waals surface area (Å²) in [6.07, 6.45) is 8.99. The zero-order valence-electron chi connectivity index (χ0n) is 21.5. The van der Waals surface area contributed by atoms with Crippen molar-refractivity contribution in [3.05, 3.63) is 56.7 Å². The number of piperidine rings is 1. The van der Waals surface area contributed by atoms with Crippen LogP contribution in [-0.4, -0.2) is 65.1 Å². The van der Waals surface area contributed by atoms with Crippen LogP contribution >= 0.6 is 27.3 Å². The Morgan fingerprint density at radius 1 is 1.27 bits per heavy atom. The molecule has 0 spiro atoms. The molecular formula is C29H35BrN2O4S. The Bertz CT molecular complexity index is 1190. The molecular weight excluding hydrogens is 552 g/mol. The zero-order chi connectivity index (χ0) is 26.2. The number of likely N-dealkylation sites (tertiary alicyclic amines) is 1. The van der Waals surface area contributed by atoms with Crippen molar-refractivity contribution in [3.8, 4) is 5.75 Å². The Morgan fingerprint density at radius 2 is 2.08 bits per heavy atom. The normalized spacial score (nSPS) is 28.1. The van der Waals surface area contributed by atoms with Gasteiger partial charge in [-0.15, -0.1) is 11.3 Å². The van der Waals surface area contributed by atoms with Gasteiger partial charge in [0, 0.05) is 59.3 Å². The minimum Gasteiger partial charge on any atom is -0.508 e. The van der Waals surface area contributed by atoms with Crippen molar-refractivity contribution in [2.24, 2.45) is 5.92 Å². The molecule has 1 aromatic carbocycles. The van der Waals surface area contributed by atoms with Gasteiger partial charge in [0.15, 0.2) is 0 Å². The van der Waals surface area contributed by atoms with Crippen LogP contribution in [0.2, 0.25) is 0 Å². The first-order valence-electron chi connectivity index (χ1n) is 13.1. The molecule has 1 aromatic heterocycles. The maximum absolute atomic E-state index is 13.2. The molecule has 198 valence electrons. The second-order valence-electron chi connectivity index (χ2n) is 11.0.